The van der Waals surface area contributed by atoms with Crippen LogP contribution in [0.15, 0.2) is 16.0 Å². The van der Waals surface area contributed by atoms with Crippen molar-refractivity contribution in [1.29, 1.82) is 5.26 Å². The standard InChI is InChI=1S/C11H16N3PS3/c1-17-11-9(8-12)10-6-4-3-5-7-14(10)15(16,13-11)18-2/h3-7H2,1-2H3. The van der Waals surface area contributed by atoms with Crippen LogP contribution in [-0.4, -0.2) is 28.8 Å². The monoisotopic (exact) mass is 317 g/mol. The molecular weight excluding hydrogens is 301 g/mol. The Morgan fingerprint density at radius 3 is 2.78 bits per heavy atom. The van der Waals surface area contributed by atoms with E-state index < -0.39 is 5.54 Å². The predicted molar refractivity (Wildman–Crippen MR) is 86.6 cm³/mol. The lowest BCUT2D eigenvalue weighted by atomic mass is 10.1. The summed E-state index contributed by atoms with van der Waals surface area (Å²) in [7, 11) is 0. The van der Waals surface area contributed by atoms with Gasteiger partial charge in [-0.3, -0.25) is 0 Å². The average Bonchev–Trinajstić information content (AvgIpc) is 2.65. The molecule has 7 heteroatoms. The van der Waals surface area contributed by atoms with Crippen molar-refractivity contribution >= 4 is 45.5 Å². The van der Waals surface area contributed by atoms with E-state index >= 15 is 0 Å². The third-order valence-electron chi connectivity index (χ3n) is 3.16. The zero-order chi connectivity index (χ0) is 13.2. The number of rotatable bonds is 1. The van der Waals surface area contributed by atoms with Crippen LogP contribution in [0.1, 0.15) is 25.7 Å². The molecule has 2 heterocycles. The van der Waals surface area contributed by atoms with Gasteiger partial charge >= 0.3 is 0 Å². The molecule has 0 aromatic carbocycles. The number of thioether (sulfide) groups is 1. The van der Waals surface area contributed by atoms with E-state index in [1.165, 1.54) is 6.42 Å². The van der Waals surface area contributed by atoms with Crippen LogP contribution in [0.4, 0.5) is 0 Å². The van der Waals surface area contributed by atoms with Crippen molar-refractivity contribution in [1.82, 2.24) is 4.67 Å². The van der Waals surface area contributed by atoms with Crippen LogP contribution >= 0.6 is 28.7 Å². The number of nitriles is 1. The van der Waals surface area contributed by atoms with Crippen LogP contribution in [0, 0.1) is 11.3 Å². The van der Waals surface area contributed by atoms with Crippen molar-refractivity contribution in [3.05, 3.63) is 11.3 Å². The topological polar surface area (TPSA) is 39.4 Å². The summed E-state index contributed by atoms with van der Waals surface area (Å²) in [6, 6.07) is 2.34. The smallest absolute Gasteiger partial charge is 0.198 e. The second-order valence-corrected chi connectivity index (χ2v) is 11.8. The summed E-state index contributed by atoms with van der Waals surface area (Å²) in [4.78, 5) is 0. The number of nitrogens with zero attached hydrogens (tertiary/aromatic N) is 3. The highest BCUT2D eigenvalue weighted by Gasteiger charge is 2.35. The van der Waals surface area contributed by atoms with Gasteiger partial charge in [0.15, 0.2) is 5.54 Å². The van der Waals surface area contributed by atoms with Crippen LogP contribution in [0.3, 0.4) is 0 Å². The minimum absolute atomic E-state index is 0.763. The molecule has 0 aromatic rings. The first-order chi connectivity index (χ1) is 8.66. The molecule has 0 bridgehead atoms. The molecule has 2 aliphatic heterocycles. The van der Waals surface area contributed by atoms with E-state index in [4.69, 9.17) is 16.6 Å². The minimum Gasteiger partial charge on any atom is -0.322 e. The lowest BCUT2D eigenvalue weighted by molar-refractivity contribution is 0.549. The molecule has 1 atom stereocenters. The summed E-state index contributed by atoms with van der Waals surface area (Å²) in [5.41, 5.74) is -0.0132. The third kappa shape index (κ3) is 2.51. The van der Waals surface area contributed by atoms with E-state index in [0.717, 1.165) is 42.1 Å². The van der Waals surface area contributed by atoms with Crippen LogP contribution in [0.2, 0.25) is 0 Å². The van der Waals surface area contributed by atoms with Crippen molar-refractivity contribution in [3.63, 3.8) is 0 Å². The zero-order valence-corrected chi connectivity index (χ0v) is 13.9. The van der Waals surface area contributed by atoms with Gasteiger partial charge in [0.2, 0.25) is 0 Å². The van der Waals surface area contributed by atoms with Crippen molar-refractivity contribution in [2.75, 3.05) is 19.1 Å². The second-order valence-electron chi connectivity index (χ2n) is 4.15. The van der Waals surface area contributed by atoms with Crippen molar-refractivity contribution < 1.29 is 0 Å². The van der Waals surface area contributed by atoms with Gasteiger partial charge in [-0.15, -0.1) is 11.8 Å². The molecule has 0 aromatic heterocycles. The fourth-order valence-electron chi connectivity index (χ4n) is 2.26. The summed E-state index contributed by atoms with van der Waals surface area (Å²) in [5.74, 6) is 0. The van der Waals surface area contributed by atoms with Gasteiger partial charge in [-0.2, -0.15) is 5.26 Å². The average molecular weight is 317 g/mol. The van der Waals surface area contributed by atoms with Crippen molar-refractivity contribution in [2.45, 2.75) is 25.7 Å². The Bertz CT molecular complexity index is 492. The molecule has 0 N–H and O–H groups in total. The number of hydrogen-bond donors (Lipinski definition) is 0. The van der Waals surface area contributed by atoms with Gasteiger partial charge in [-0.25, -0.2) is 4.76 Å². The SMILES string of the molecule is CSC1=NP(=S)(SC)N2CCCCCC2=C1C#N. The van der Waals surface area contributed by atoms with Gasteiger partial charge in [0.1, 0.15) is 16.7 Å². The zero-order valence-electron chi connectivity index (χ0n) is 10.5. The summed E-state index contributed by atoms with van der Waals surface area (Å²) in [6.45, 7) is 0.962. The Balaban J connectivity index is 2.56. The largest absolute Gasteiger partial charge is 0.322 e. The van der Waals surface area contributed by atoms with Crippen molar-refractivity contribution in [3.8, 4) is 6.07 Å². The summed E-state index contributed by atoms with van der Waals surface area (Å²) < 4.78 is 7.02. The normalized spacial score (nSPS) is 28.3. The fraction of sp³-hybridized carbons (Fsp3) is 0.636. The molecule has 1 unspecified atom stereocenters. The summed E-state index contributed by atoms with van der Waals surface area (Å²) in [6.07, 6.45) is 8.53. The van der Waals surface area contributed by atoms with E-state index in [1.807, 2.05) is 12.5 Å². The Kier molecular flexibility index (Phi) is 4.82. The molecular formula is C11H16N3PS3. The maximum absolute atomic E-state index is 9.41. The van der Waals surface area contributed by atoms with Gasteiger partial charge in [-0.05, 0) is 43.6 Å². The summed E-state index contributed by atoms with van der Waals surface area (Å²) in [5, 5.41) is 10.3. The Morgan fingerprint density at radius 2 is 2.17 bits per heavy atom. The Morgan fingerprint density at radius 1 is 1.39 bits per heavy atom. The first-order valence-electron chi connectivity index (χ1n) is 5.88. The fourth-order valence-corrected chi connectivity index (χ4v) is 7.65. The molecule has 1 saturated heterocycles. The first-order valence-corrected chi connectivity index (χ1v) is 11.6. The Labute approximate surface area is 122 Å². The highest BCUT2D eigenvalue weighted by molar-refractivity contribution is 8.69. The molecule has 98 valence electrons. The second kappa shape index (κ2) is 6.00. The third-order valence-corrected chi connectivity index (χ3v) is 10.4. The van der Waals surface area contributed by atoms with Crippen LogP contribution in [0.25, 0.3) is 0 Å². The van der Waals surface area contributed by atoms with Gasteiger partial charge in [-0.1, -0.05) is 17.8 Å². The van der Waals surface area contributed by atoms with E-state index in [0.29, 0.717) is 0 Å². The Hall–Kier alpha value is 0.0500. The molecule has 0 spiro atoms. The molecule has 3 nitrogen and oxygen atoms in total. The van der Waals surface area contributed by atoms with Gasteiger partial charge in [0.25, 0.3) is 0 Å². The van der Waals surface area contributed by atoms with E-state index in [2.05, 4.69) is 10.7 Å². The molecule has 2 aliphatic rings. The molecule has 0 amide bonds. The van der Waals surface area contributed by atoms with Crippen molar-refractivity contribution in [2.24, 2.45) is 4.76 Å². The number of fused-ring (bicyclic) bond motifs is 1. The quantitative estimate of drug-likeness (QED) is 0.684. The molecule has 0 aliphatic carbocycles. The van der Waals surface area contributed by atoms with E-state index in [-0.39, 0.29) is 0 Å². The lowest BCUT2D eigenvalue weighted by Crippen LogP contribution is -2.24. The maximum atomic E-state index is 9.41. The van der Waals surface area contributed by atoms with Gasteiger partial charge < -0.3 is 4.67 Å². The van der Waals surface area contributed by atoms with Gasteiger partial charge in [0, 0.05) is 12.2 Å². The molecule has 2 rings (SSSR count). The number of hydrogen-bond acceptors (Lipinski definition) is 4. The van der Waals surface area contributed by atoms with Gasteiger partial charge in [0.05, 0.1) is 0 Å². The molecule has 18 heavy (non-hydrogen) atoms. The van der Waals surface area contributed by atoms with E-state index in [9.17, 15) is 5.26 Å². The molecule has 0 saturated carbocycles. The lowest BCUT2D eigenvalue weighted by Gasteiger charge is -2.37. The maximum Gasteiger partial charge on any atom is 0.198 e. The van der Waals surface area contributed by atoms with Crippen LogP contribution < -0.4 is 0 Å². The molecule has 0 radical (unpaired) electrons. The van der Waals surface area contributed by atoms with Crippen LogP contribution in [-0.2, 0) is 11.8 Å². The first kappa shape index (κ1) is 14.5. The predicted octanol–water partition coefficient (Wildman–Crippen LogP) is 4.00. The molecule has 1 fully saturated rings. The number of allylic oxidation sites excluding steroid dienone is 1. The van der Waals surface area contributed by atoms with Crippen LogP contribution in [0.5, 0.6) is 0 Å². The minimum atomic E-state index is -1.94. The van der Waals surface area contributed by atoms with E-state index in [1.54, 1.807) is 23.1 Å². The highest BCUT2D eigenvalue weighted by atomic mass is 32.9. The summed E-state index contributed by atoms with van der Waals surface area (Å²) >= 11 is 9.04. The highest BCUT2D eigenvalue weighted by Crippen LogP contribution is 2.66.